The van der Waals surface area contributed by atoms with Gasteiger partial charge < -0.3 is 9.42 Å². The highest BCUT2D eigenvalue weighted by atomic mass is 35.5. The fraction of sp³-hybridized carbons (Fsp3) is 0.375. The molecule has 1 saturated heterocycles. The van der Waals surface area contributed by atoms with Crippen LogP contribution in [0, 0.1) is 0 Å². The molecule has 4 rings (SSSR count). The normalized spacial score (nSPS) is 17.2. The number of carbonyl (C=O) groups excluding carboxylic acids is 1. The van der Waals surface area contributed by atoms with Crippen LogP contribution in [0.4, 0.5) is 0 Å². The molecule has 156 valence electrons. The summed E-state index contributed by atoms with van der Waals surface area (Å²) in [4.78, 5) is 19.5. The molecule has 0 spiro atoms. The van der Waals surface area contributed by atoms with Gasteiger partial charge in [-0.2, -0.15) is 4.98 Å². The Bertz CT molecular complexity index is 1040. The van der Waals surface area contributed by atoms with E-state index >= 15 is 0 Å². The van der Waals surface area contributed by atoms with Crippen LogP contribution in [-0.4, -0.2) is 34.0 Å². The Morgan fingerprint density at radius 3 is 2.63 bits per heavy atom. The zero-order valence-corrected chi connectivity index (χ0v) is 18.3. The Kier molecular flexibility index (Phi) is 5.65. The minimum atomic E-state index is 0.0389. The van der Waals surface area contributed by atoms with Crippen molar-refractivity contribution in [1.82, 2.24) is 15.0 Å². The van der Waals surface area contributed by atoms with Crippen LogP contribution in [0.1, 0.15) is 61.3 Å². The van der Waals surface area contributed by atoms with Gasteiger partial charge in [-0.05, 0) is 48.1 Å². The molecule has 1 aliphatic heterocycles. The lowest BCUT2D eigenvalue weighted by Gasteiger charge is -2.31. The number of hydrogen-bond acceptors (Lipinski definition) is 4. The van der Waals surface area contributed by atoms with E-state index in [1.165, 1.54) is 5.56 Å². The van der Waals surface area contributed by atoms with Crippen LogP contribution in [0.2, 0.25) is 5.02 Å². The fourth-order valence-electron chi connectivity index (χ4n) is 3.80. The van der Waals surface area contributed by atoms with Crippen molar-refractivity contribution in [2.75, 3.05) is 13.1 Å². The first-order chi connectivity index (χ1) is 14.3. The summed E-state index contributed by atoms with van der Waals surface area (Å²) >= 11 is 6.07. The molecule has 0 saturated carbocycles. The van der Waals surface area contributed by atoms with Crippen molar-refractivity contribution in [3.63, 3.8) is 0 Å². The number of benzene rings is 2. The molecule has 30 heavy (non-hydrogen) atoms. The smallest absolute Gasteiger partial charge is 0.253 e. The number of halogens is 1. The molecule has 6 heteroatoms. The minimum Gasteiger partial charge on any atom is -0.339 e. The lowest BCUT2D eigenvalue weighted by Crippen LogP contribution is -2.39. The van der Waals surface area contributed by atoms with Crippen LogP contribution < -0.4 is 0 Å². The number of aromatic nitrogens is 2. The number of carbonyl (C=O) groups is 1. The predicted octanol–water partition coefficient (Wildman–Crippen LogP) is 5.71. The Morgan fingerprint density at radius 1 is 1.17 bits per heavy atom. The van der Waals surface area contributed by atoms with Crippen LogP contribution in [0.3, 0.4) is 0 Å². The van der Waals surface area contributed by atoms with E-state index < -0.39 is 0 Å². The highest BCUT2D eigenvalue weighted by Gasteiger charge is 2.29. The summed E-state index contributed by atoms with van der Waals surface area (Å²) < 4.78 is 5.54. The van der Waals surface area contributed by atoms with Gasteiger partial charge in [0.15, 0.2) is 0 Å². The zero-order valence-electron chi connectivity index (χ0n) is 17.6. The maximum atomic E-state index is 13.0. The summed E-state index contributed by atoms with van der Waals surface area (Å²) in [6, 6.07) is 15.3. The van der Waals surface area contributed by atoms with Crippen molar-refractivity contribution in [2.45, 2.75) is 44.9 Å². The van der Waals surface area contributed by atoms with E-state index in [4.69, 9.17) is 16.1 Å². The summed E-state index contributed by atoms with van der Waals surface area (Å²) in [5.74, 6) is 1.19. The molecule has 1 aromatic heterocycles. The topological polar surface area (TPSA) is 59.2 Å². The van der Waals surface area contributed by atoms with E-state index in [0.717, 1.165) is 24.9 Å². The van der Waals surface area contributed by atoms with Gasteiger partial charge in [0.25, 0.3) is 5.91 Å². The first-order valence-corrected chi connectivity index (χ1v) is 10.7. The van der Waals surface area contributed by atoms with E-state index in [1.54, 1.807) is 0 Å². The molecular weight excluding hydrogens is 398 g/mol. The van der Waals surface area contributed by atoms with Gasteiger partial charge in [-0.15, -0.1) is 0 Å². The Labute approximate surface area is 182 Å². The van der Waals surface area contributed by atoms with Gasteiger partial charge in [0.2, 0.25) is 11.7 Å². The molecule has 1 amide bonds. The molecule has 1 unspecified atom stereocenters. The van der Waals surface area contributed by atoms with Crippen LogP contribution >= 0.6 is 11.6 Å². The van der Waals surface area contributed by atoms with E-state index in [1.807, 2.05) is 53.4 Å². The van der Waals surface area contributed by atoms with Gasteiger partial charge in [-0.1, -0.05) is 61.8 Å². The molecule has 0 bridgehead atoms. The maximum absolute atomic E-state index is 13.0. The Balaban J connectivity index is 1.48. The van der Waals surface area contributed by atoms with Gasteiger partial charge >= 0.3 is 0 Å². The van der Waals surface area contributed by atoms with Gasteiger partial charge in [-0.25, -0.2) is 0 Å². The van der Waals surface area contributed by atoms with Crippen molar-refractivity contribution in [3.8, 4) is 11.4 Å². The van der Waals surface area contributed by atoms with E-state index in [0.29, 0.717) is 28.8 Å². The summed E-state index contributed by atoms with van der Waals surface area (Å²) in [6.07, 6.45) is 1.83. The molecular formula is C24H26ClN3O2. The first kappa shape index (κ1) is 20.6. The molecule has 0 radical (unpaired) electrons. The molecule has 1 atom stereocenters. The quantitative estimate of drug-likeness (QED) is 0.541. The van der Waals surface area contributed by atoms with Crippen LogP contribution in [-0.2, 0) is 5.41 Å². The Morgan fingerprint density at radius 2 is 1.93 bits per heavy atom. The van der Waals surface area contributed by atoms with Gasteiger partial charge in [0.1, 0.15) is 0 Å². The molecule has 3 aromatic rings. The molecule has 2 heterocycles. The number of piperidine rings is 1. The molecule has 0 aliphatic carbocycles. The monoisotopic (exact) mass is 423 g/mol. The second-order valence-electron chi connectivity index (χ2n) is 8.88. The third-order valence-electron chi connectivity index (χ3n) is 5.58. The number of hydrogen-bond donors (Lipinski definition) is 0. The van der Waals surface area contributed by atoms with Crippen LogP contribution in [0.25, 0.3) is 11.4 Å². The zero-order chi connectivity index (χ0) is 21.3. The fourth-order valence-corrected chi connectivity index (χ4v) is 3.99. The van der Waals surface area contributed by atoms with E-state index in [-0.39, 0.29) is 17.2 Å². The third kappa shape index (κ3) is 4.41. The largest absolute Gasteiger partial charge is 0.339 e. The van der Waals surface area contributed by atoms with Gasteiger partial charge in [0.05, 0.1) is 5.92 Å². The van der Waals surface area contributed by atoms with Crippen molar-refractivity contribution in [1.29, 1.82) is 0 Å². The predicted molar refractivity (Wildman–Crippen MR) is 118 cm³/mol. The summed E-state index contributed by atoms with van der Waals surface area (Å²) in [5.41, 5.74) is 2.82. The highest BCUT2D eigenvalue weighted by molar-refractivity contribution is 6.30. The molecule has 1 fully saturated rings. The average Bonchev–Trinajstić information content (AvgIpc) is 3.23. The Hall–Kier alpha value is -2.66. The maximum Gasteiger partial charge on any atom is 0.253 e. The lowest BCUT2D eigenvalue weighted by atomic mass is 9.86. The van der Waals surface area contributed by atoms with Crippen molar-refractivity contribution in [3.05, 3.63) is 70.6 Å². The summed E-state index contributed by atoms with van der Waals surface area (Å²) in [5, 5.41) is 4.75. The average molecular weight is 424 g/mol. The molecule has 2 aromatic carbocycles. The summed E-state index contributed by atoms with van der Waals surface area (Å²) in [6.45, 7) is 7.83. The lowest BCUT2D eigenvalue weighted by molar-refractivity contribution is 0.0695. The van der Waals surface area contributed by atoms with Crippen molar-refractivity contribution in [2.24, 2.45) is 0 Å². The van der Waals surface area contributed by atoms with Gasteiger partial charge in [0, 0.05) is 29.2 Å². The molecule has 0 N–H and O–H groups in total. The van der Waals surface area contributed by atoms with E-state index in [9.17, 15) is 4.79 Å². The van der Waals surface area contributed by atoms with Crippen LogP contribution in [0.15, 0.2) is 53.1 Å². The second-order valence-corrected chi connectivity index (χ2v) is 9.32. The number of nitrogens with zero attached hydrogens (tertiary/aromatic N) is 3. The molecule has 1 aliphatic rings. The third-order valence-corrected chi connectivity index (χ3v) is 5.82. The summed E-state index contributed by atoms with van der Waals surface area (Å²) in [7, 11) is 0. The standard InChI is InChI=1S/C24H26ClN3O2/c1-24(2,3)19-11-9-16(10-12-19)23(29)28-13-5-7-18(15-28)22-26-21(27-30-22)17-6-4-8-20(25)14-17/h4,6,8-12,14,18H,5,7,13,15H2,1-3H3. The first-order valence-electron chi connectivity index (χ1n) is 10.3. The van der Waals surface area contributed by atoms with Crippen LogP contribution in [0.5, 0.6) is 0 Å². The van der Waals surface area contributed by atoms with Crippen molar-refractivity contribution >= 4 is 17.5 Å². The van der Waals surface area contributed by atoms with Gasteiger partial charge in [-0.3, -0.25) is 4.79 Å². The SMILES string of the molecule is CC(C)(C)c1ccc(C(=O)N2CCCC(c3nc(-c4cccc(Cl)c4)no3)C2)cc1. The number of rotatable bonds is 3. The number of amides is 1. The highest BCUT2D eigenvalue weighted by Crippen LogP contribution is 2.29. The van der Waals surface area contributed by atoms with E-state index in [2.05, 4.69) is 30.9 Å². The second kappa shape index (κ2) is 8.23. The molecule has 5 nitrogen and oxygen atoms in total. The minimum absolute atomic E-state index is 0.0389. The van der Waals surface area contributed by atoms with Crippen molar-refractivity contribution < 1.29 is 9.32 Å². The number of likely N-dealkylation sites (tertiary alicyclic amines) is 1.